The lowest BCUT2D eigenvalue weighted by Gasteiger charge is -2.36. The van der Waals surface area contributed by atoms with Crippen molar-refractivity contribution in [1.82, 2.24) is 0 Å². The Morgan fingerprint density at radius 2 is 1.59 bits per heavy atom. The Kier molecular flexibility index (Phi) is 6.88. The molecule has 0 saturated carbocycles. The van der Waals surface area contributed by atoms with Crippen molar-refractivity contribution in [3.05, 3.63) is 94.6 Å². The summed E-state index contributed by atoms with van der Waals surface area (Å²) in [7, 11) is 0. The Morgan fingerprint density at radius 3 is 2.19 bits per heavy atom. The first-order chi connectivity index (χ1) is 13.3. The summed E-state index contributed by atoms with van der Waals surface area (Å²) in [6.45, 7) is 2.70. The van der Waals surface area contributed by atoms with E-state index in [1.807, 2.05) is 73.7 Å². The summed E-state index contributed by atoms with van der Waals surface area (Å²) in [5, 5.41) is 3.79. The van der Waals surface area contributed by atoms with Gasteiger partial charge in [0.05, 0.1) is 25.5 Å². The molecule has 4 atom stereocenters. The van der Waals surface area contributed by atoms with Crippen LogP contribution in [0.25, 0.3) is 10.4 Å². The van der Waals surface area contributed by atoms with Crippen LogP contribution >= 0.6 is 0 Å². The number of hydrogen-bond acceptors (Lipinski definition) is 4. The molecule has 0 amide bonds. The molecule has 0 aromatic heterocycles. The number of nitrogens with zero attached hydrogens (tertiary/aromatic N) is 3. The van der Waals surface area contributed by atoms with Gasteiger partial charge in [0.1, 0.15) is 18.3 Å². The first kappa shape index (κ1) is 19.0. The van der Waals surface area contributed by atoms with E-state index in [1.165, 1.54) is 0 Å². The topological polar surface area (TPSA) is 76.5 Å². The van der Waals surface area contributed by atoms with Crippen LogP contribution in [0.3, 0.4) is 0 Å². The van der Waals surface area contributed by atoms with Crippen LogP contribution in [0.1, 0.15) is 18.1 Å². The smallest absolute Gasteiger partial charge is 0.135 e. The molecule has 3 rings (SSSR count). The van der Waals surface area contributed by atoms with E-state index in [1.54, 1.807) is 6.26 Å². The predicted molar refractivity (Wildman–Crippen MR) is 103 cm³/mol. The van der Waals surface area contributed by atoms with Crippen LogP contribution in [0.4, 0.5) is 0 Å². The van der Waals surface area contributed by atoms with Gasteiger partial charge in [-0.1, -0.05) is 72.7 Å². The zero-order chi connectivity index (χ0) is 18.9. The molecule has 1 aliphatic rings. The quantitative estimate of drug-likeness (QED) is 0.384. The van der Waals surface area contributed by atoms with Crippen molar-refractivity contribution in [2.45, 2.75) is 44.5 Å². The van der Waals surface area contributed by atoms with Gasteiger partial charge in [0.25, 0.3) is 0 Å². The largest absolute Gasteiger partial charge is 0.495 e. The molecule has 0 fully saturated rings. The molecular weight excluding hydrogens is 342 g/mol. The fourth-order valence-electron chi connectivity index (χ4n) is 3.00. The second-order valence-electron chi connectivity index (χ2n) is 6.40. The molecule has 27 heavy (non-hydrogen) atoms. The van der Waals surface area contributed by atoms with Crippen LogP contribution in [-0.2, 0) is 27.4 Å². The van der Waals surface area contributed by atoms with Crippen molar-refractivity contribution in [2.75, 3.05) is 0 Å². The molecule has 0 N–H and O–H groups in total. The molecule has 0 saturated heterocycles. The summed E-state index contributed by atoms with van der Waals surface area (Å²) >= 11 is 0. The highest BCUT2D eigenvalue weighted by Crippen LogP contribution is 2.25. The van der Waals surface area contributed by atoms with Gasteiger partial charge >= 0.3 is 0 Å². The van der Waals surface area contributed by atoms with Gasteiger partial charge in [-0.3, -0.25) is 0 Å². The Bertz CT molecular complexity index is 776. The highest BCUT2D eigenvalue weighted by Gasteiger charge is 2.37. The maximum absolute atomic E-state index is 8.79. The van der Waals surface area contributed by atoms with Crippen LogP contribution in [0, 0.1) is 0 Å². The van der Waals surface area contributed by atoms with E-state index in [-0.39, 0.29) is 18.2 Å². The number of hydrogen-bond donors (Lipinski definition) is 0. The third kappa shape index (κ3) is 5.34. The van der Waals surface area contributed by atoms with E-state index in [0.717, 1.165) is 11.1 Å². The van der Waals surface area contributed by atoms with Crippen LogP contribution in [0.5, 0.6) is 0 Å². The predicted octanol–water partition coefficient (Wildman–Crippen LogP) is 4.77. The molecule has 2 aromatic carbocycles. The molecule has 0 bridgehead atoms. The van der Waals surface area contributed by atoms with Crippen molar-refractivity contribution >= 4 is 0 Å². The third-order valence-electron chi connectivity index (χ3n) is 4.43. The Balaban J connectivity index is 1.72. The van der Waals surface area contributed by atoms with Crippen LogP contribution in [0.15, 0.2) is 78.1 Å². The zero-order valence-corrected chi connectivity index (χ0v) is 15.2. The van der Waals surface area contributed by atoms with Gasteiger partial charge in [-0.05, 0) is 22.7 Å². The van der Waals surface area contributed by atoms with Gasteiger partial charge in [-0.2, -0.15) is 0 Å². The number of benzene rings is 2. The zero-order valence-electron chi connectivity index (χ0n) is 15.2. The molecule has 0 aliphatic carbocycles. The number of azide groups is 1. The molecule has 0 radical (unpaired) electrons. The van der Waals surface area contributed by atoms with Crippen LogP contribution < -0.4 is 0 Å². The first-order valence-electron chi connectivity index (χ1n) is 8.95. The summed E-state index contributed by atoms with van der Waals surface area (Å²) in [6.07, 6.45) is 2.34. The highest BCUT2D eigenvalue weighted by atomic mass is 16.6. The third-order valence-corrected chi connectivity index (χ3v) is 4.43. The molecular formula is C21H23N3O3. The molecule has 1 unspecified atom stereocenters. The van der Waals surface area contributed by atoms with Crippen molar-refractivity contribution in [3.8, 4) is 0 Å². The Hall–Kier alpha value is -2.79. The van der Waals surface area contributed by atoms with Crippen molar-refractivity contribution < 1.29 is 14.2 Å². The summed E-state index contributed by atoms with van der Waals surface area (Å²) in [6, 6.07) is 19.5. The minimum absolute atomic E-state index is 0.302. The van der Waals surface area contributed by atoms with Gasteiger partial charge in [0.15, 0.2) is 0 Å². The van der Waals surface area contributed by atoms with Gasteiger partial charge in [0.2, 0.25) is 0 Å². The average molecular weight is 365 g/mol. The molecule has 6 heteroatoms. The number of rotatable bonds is 8. The monoisotopic (exact) mass is 365 g/mol. The molecule has 1 heterocycles. The van der Waals surface area contributed by atoms with E-state index < -0.39 is 6.10 Å². The normalized spacial score (nSPS) is 22.5. The average Bonchev–Trinajstić information content (AvgIpc) is 2.72. The van der Waals surface area contributed by atoms with E-state index in [2.05, 4.69) is 10.0 Å². The van der Waals surface area contributed by atoms with Crippen LogP contribution in [0.2, 0.25) is 0 Å². The SMILES string of the molecule is CC(N=[N+]=[N-])[C@H]1OC=C[C@@H](OCc2ccccc2)[C@@H]1OCc1ccccc1. The summed E-state index contributed by atoms with van der Waals surface area (Å²) in [4.78, 5) is 2.91. The minimum Gasteiger partial charge on any atom is -0.495 e. The van der Waals surface area contributed by atoms with Crippen molar-refractivity contribution in [3.63, 3.8) is 0 Å². The van der Waals surface area contributed by atoms with Gasteiger partial charge in [-0.25, -0.2) is 0 Å². The first-order valence-corrected chi connectivity index (χ1v) is 8.95. The fourth-order valence-corrected chi connectivity index (χ4v) is 3.00. The summed E-state index contributed by atoms with van der Waals surface area (Å²) < 4.78 is 18.0. The fraction of sp³-hybridized carbons (Fsp3) is 0.333. The van der Waals surface area contributed by atoms with Gasteiger partial charge in [0, 0.05) is 4.91 Å². The Morgan fingerprint density at radius 1 is 1.00 bits per heavy atom. The van der Waals surface area contributed by atoms with E-state index >= 15 is 0 Å². The van der Waals surface area contributed by atoms with Crippen LogP contribution in [-0.4, -0.2) is 24.4 Å². The van der Waals surface area contributed by atoms with E-state index in [9.17, 15) is 0 Å². The lowest BCUT2D eigenvalue weighted by atomic mass is 10.00. The maximum atomic E-state index is 8.79. The highest BCUT2D eigenvalue weighted by molar-refractivity contribution is 5.15. The summed E-state index contributed by atoms with van der Waals surface area (Å²) in [5.74, 6) is 0. The molecule has 140 valence electrons. The molecule has 0 spiro atoms. The molecule has 6 nitrogen and oxygen atoms in total. The second-order valence-corrected chi connectivity index (χ2v) is 6.40. The van der Waals surface area contributed by atoms with Gasteiger partial charge in [-0.15, -0.1) is 0 Å². The lowest BCUT2D eigenvalue weighted by molar-refractivity contribution is -0.134. The molecule has 1 aliphatic heterocycles. The maximum Gasteiger partial charge on any atom is 0.135 e. The number of ether oxygens (including phenoxy) is 3. The van der Waals surface area contributed by atoms with Crippen molar-refractivity contribution in [1.29, 1.82) is 0 Å². The van der Waals surface area contributed by atoms with E-state index in [4.69, 9.17) is 19.7 Å². The van der Waals surface area contributed by atoms with Crippen molar-refractivity contribution in [2.24, 2.45) is 5.11 Å². The Labute approximate surface area is 159 Å². The lowest BCUT2D eigenvalue weighted by Crippen LogP contribution is -2.48. The standard InChI is InChI=1S/C21H23N3O3/c1-16(23-24-22)20-21(27-15-18-10-6-3-7-11-18)19(12-13-25-20)26-14-17-8-4-2-5-9-17/h2-13,16,19-21H,14-15H2,1H3/t16?,19-,20-,21+/m1/s1. The summed E-state index contributed by atoms with van der Waals surface area (Å²) in [5.41, 5.74) is 10.9. The van der Waals surface area contributed by atoms with E-state index in [0.29, 0.717) is 13.2 Å². The molecule has 2 aromatic rings. The van der Waals surface area contributed by atoms with Gasteiger partial charge < -0.3 is 14.2 Å². The second kappa shape index (κ2) is 9.78. The minimum atomic E-state index is -0.421.